The van der Waals surface area contributed by atoms with Gasteiger partial charge in [-0.2, -0.15) is 0 Å². The van der Waals surface area contributed by atoms with Crippen molar-refractivity contribution < 1.29 is 4.79 Å². The second kappa shape index (κ2) is 7.33. The Bertz CT molecular complexity index is 1070. The summed E-state index contributed by atoms with van der Waals surface area (Å²) in [5.74, 6) is 0.707. The van der Waals surface area contributed by atoms with Gasteiger partial charge in [0.1, 0.15) is 0 Å². The van der Waals surface area contributed by atoms with Crippen LogP contribution in [-0.2, 0) is 6.54 Å². The molecule has 27 heavy (non-hydrogen) atoms. The minimum absolute atomic E-state index is 0.0830. The van der Waals surface area contributed by atoms with Crippen LogP contribution in [0.4, 0.5) is 5.95 Å². The van der Waals surface area contributed by atoms with E-state index in [2.05, 4.69) is 33.4 Å². The first-order valence-corrected chi connectivity index (χ1v) is 8.84. The van der Waals surface area contributed by atoms with E-state index in [1.807, 2.05) is 60.7 Å². The minimum atomic E-state index is -0.0830. The van der Waals surface area contributed by atoms with Gasteiger partial charge in [0.05, 0.1) is 11.0 Å². The number of rotatable bonds is 5. The molecule has 0 spiro atoms. The zero-order valence-corrected chi connectivity index (χ0v) is 15.0. The van der Waals surface area contributed by atoms with E-state index in [1.165, 1.54) is 0 Å². The largest absolute Gasteiger partial charge is 0.355 e. The Labute approximate surface area is 157 Å². The van der Waals surface area contributed by atoms with Gasteiger partial charge in [-0.25, -0.2) is 4.98 Å². The summed E-state index contributed by atoms with van der Waals surface area (Å²) in [6.07, 6.45) is 0. The van der Waals surface area contributed by atoms with Gasteiger partial charge >= 0.3 is 0 Å². The highest BCUT2D eigenvalue weighted by Crippen LogP contribution is 2.24. The molecule has 0 saturated carbocycles. The Morgan fingerprint density at radius 1 is 0.926 bits per heavy atom. The number of nitrogens with zero attached hydrogens (tertiary/aromatic N) is 2. The molecule has 1 amide bonds. The van der Waals surface area contributed by atoms with Gasteiger partial charge in [-0.05, 0) is 42.0 Å². The molecule has 0 unspecified atom stereocenters. The van der Waals surface area contributed by atoms with Crippen LogP contribution >= 0.6 is 0 Å². The van der Waals surface area contributed by atoms with Gasteiger partial charge < -0.3 is 10.6 Å². The number of imidazole rings is 1. The number of aromatic nitrogens is 2. The first-order valence-electron chi connectivity index (χ1n) is 8.84. The predicted molar refractivity (Wildman–Crippen MR) is 108 cm³/mol. The highest BCUT2D eigenvalue weighted by atomic mass is 16.1. The second-order valence-corrected chi connectivity index (χ2v) is 6.22. The predicted octanol–water partition coefficient (Wildman–Crippen LogP) is 4.00. The van der Waals surface area contributed by atoms with Crippen LogP contribution in [0.1, 0.15) is 15.9 Å². The maximum absolute atomic E-state index is 11.7. The molecule has 1 heterocycles. The lowest BCUT2D eigenvalue weighted by Crippen LogP contribution is -2.17. The van der Waals surface area contributed by atoms with Crippen molar-refractivity contribution in [2.75, 3.05) is 12.4 Å². The highest BCUT2D eigenvalue weighted by molar-refractivity contribution is 5.93. The second-order valence-electron chi connectivity index (χ2n) is 6.22. The van der Waals surface area contributed by atoms with Crippen molar-refractivity contribution in [3.05, 3.63) is 90.0 Å². The number of para-hydroxylation sites is 3. The summed E-state index contributed by atoms with van der Waals surface area (Å²) in [5.41, 5.74) is 4.79. The van der Waals surface area contributed by atoms with Crippen LogP contribution in [-0.4, -0.2) is 22.5 Å². The molecule has 4 rings (SSSR count). The Hall–Kier alpha value is -3.60. The van der Waals surface area contributed by atoms with Crippen molar-refractivity contribution in [3.63, 3.8) is 0 Å². The van der Waals surface area contributed by atoms with E-state index in [0.29, 0.717) is 12.1 Å². The number of anilines is 1. The summed E-state index contributed by atoms with van der Waals surface area (Å²) in [5, 5.41) is 6.06. The van der Waals surface area contributed by atoms with Crippen molar-refractivity contribution in [2.45, 2.75) is 6.54 Å². The molecule has 134 valence electrons. The lowest BCUT2D eigenvalue weighted by Gasteiger charge is -2.11. The zero-order chi connectivity index (χ0) is 18.6. The van der Waals surface area contributed by atoms with E-state index in [4.69, 9.17) is 4.98 Å². The Balaban J connectivity index is 1.63. The molecular weight excluding hydrogens is 336 g/mol. The maximum Gasteiger partial charge on any atom is 0.251 e. The van der Waals surface area contributed by atoms with Crippen LogP contribution < -0.4 is 10.6 Å². The molecule has 0 aliphatic carbocycles. The number of nitrogens with one attached hydrogen (secondary N) is 2. The molecular formula is C22H20N4O. The molecule has 3 aromatic carbocycles. The molecule has 0 bridgehead atoms. The van der Waals surface area contributed by atoms with Gasteiger partial charge in [0, 0.05) is 24.8 Å². The number of hydrogen-bond donors (Lipinski definition) is 2. The van der Waals surface area contributed by atoms with Crippen LogP contribution in [0.2, 0.25) is 0 Å². The fraction of sp³-hybridized carbons (Fsp3) is 0.0909. The topological polar surface area (TPSA) is 59.0 Å². The molecule has 0 saturated heterocycles. The summed E-state index contributed by atoms with van der Waals surface area (Å²) in [6, 6.07) is 25.8. The van der Waals surface area contributed by atoms with Crippen LogP contribution in [0.15, 0.2) is 78.9 Å². The third-order valence-corrected chi connectivity index (χ3v) is 4.47. The molecule has 0 radical (unpaired) electrons. The minimum Gasteiger partial charge on any atom is -0.355 e. The molecule has 0 fully saturated rings. The SMILES string of the molecule is CNC(=O)c1ccc(CNc2nc3ccccc3n2-c2ccccc2)cc1. The summed E-state index contributed by atoms with van der Waals surface area (Å²) >= 11 is 0. The standard InChI is InChI=1S/C22H20N4O/c1-23-21(27)17-13-11-16(12-14-17)15-24-22-25-19-9-5-6-10-20(19)26(22)18-7-3-2-4-8-18/h2-14H,15H2,1H3,(H,23,27)(H,24,25). The maximum atomic E-state index is 11.7. The Kier molecular flexibility index (Phi) is 4.58. The van der Waals surface area contributed by atoms with Crippen LogP contribution in [0.3, 0.4) is 0 Å². The third kappa shape index (κ3) is 3.40. The average Bonchev–Trinajstić information content (AvgIpc) is 3.11. The van der Waals surface area contributed by atoms with E-state index in [1.54, 1.807) is 7.05 Å². The van der Waals surface area contributed by atoms with Gasteiger partial charge in [0.25, 0.3) is 5.91 Å². The number of fused-ring (bicyclic) bond motifs is 1. The van der Waals surface area contributed by atoms with Crippen molar-refractivity contribution in [1.29, 1.82) is 0 Å². The fourth-order valence-electron chi connectivity index (χ4n) is 3.08. The molecule has 5 nitrogen and oxygen atoms in total. The van der Waals surface area contributed by atoms with Gasteiger partial charge in [0.15, 0.2) is 0 Å². The Morgan fingerprint density at radius 2 is 1.63 bits per heavy atom. The van der Waals surface area contributed by atoms with Crippen molar-refractivity contribution in [2.24, 2.45) is 0 Å². The van der Waals surface area contributed by atoms with Crippen LogP contribution in [0.25, 0.3) is 16.7 Å². The highest BCUT2D eigenvalue weighted by Gasteiger charge is 2.12. The summed E-state index contributed by atoms with van der Waals surface area (Å²) < 4.78 is 2.12. The van der Waals surface area contributed by atoms with Crippen LogP contribution in [0, 0.1) is 0 Å². The van der Waals surface area contributed by atoms with Crippen LogP contribution in [0.5, 0.6) is 0 Å². The van der Waals surface area contributed by atoms with Crippen molar-refractivity contribution >= 4 is 22.9 Å². The smallest absolute Gasteiger partial charge is 0.251 e. The summed E-state index contributed by atoms with van der Waals surface area (Å²) in [7, 11) is 1.63. The van der Waals surface area contributed by atoms with E-state index in [0.717, 1.165) is 28.2 Å². The van der Waals surface area contributed by atoms with Crippen molar-refractivity contribution in [1.82, 2.24) is 14.9 Å². The number of carbonyl (C=O) groups excluding carboxylic acids is 1. The molecule has 0 aliphatic heterocycles. The molecule has 0 atom stereocenters. The van der Waals surface area contributed by atoms with E-state index >= 15 is 0 Å². The molecule has 0 aliphatic rings. The van der Waals surface area contributed by atoms with E-state index < -0.39 is 0 Å². The number of hydrogen-bond acceptors (Lipinski definition) is 3. The monoisotopic (exact) mass is 356 g/mol. The third-order valence-electron chi connectivity index (χ3n) is 4.47. The first kappa shape index (κ1) is 16.8. The first-order chi connectivity index (χ1) is 13.3. The Morgan fingerprint density at radius 3 is 2.37 bits per heavy atom. The molecule has 2 N–H and O–H groups in total. The summed E-state index contributed by atoms with van der Waals surface area (Å²) in [4.78, 5) is 16.4. The number of amides is 1. The molecule has 4 aromatic rings. The van der Waals surface area contributed by atoms with E-state index in [9.17, 15) is 4.79 Å². The average molecular weight is 356 g/mol. The van der Waals surface area contributed by atoms with Gasteiger partial charge in [-0.3, -0.25) is 9.36 Å². The molecule has 1 aromatic heterocycles. The quantitative estimate of drug-likeness (QED) is 0.568. The van der Waals surface area contributed by atoms with E-state index in [-0.39, 0.29) is 5.91 Å². The van der Waals surface area contributed by atoms with Gasteiger partial charge in [0.2, 0.25) is 5.95 Å². The molecule has 5 heteroatoms. The van der Waals surface area contributed by atoms with Gasteiger partial charge in [-0.1, -0.05) is 42.5 Å². The summed E-state index contributed by atoms with van der Waals surface area (Å²) in [6.45, 7) is 0.615. The fourth-order valence-corrected chi connectivity index (χ4v) is 3.08. The lowest BCUT2D eigenvalue weighted by atomic mass is 10.1. The van der Waals surface area contributed by atoms with Gasteiger partial charge in [-0.15, -0.1) is 0 Å². The van der Waals surface area contributed by atoms with Crippen molar-refractivity contribution in [3.8, 4) is 5.69 Å². The number of carbonyl (C=O) groups is 1. The normalized spacial score (nSPS) is 10.7. The lowest BCUT2D eigenvalue weighted by molar-refractivity contribution is 0.0963. The number of benzene rings is 3. The zero-order valence-electron chi connectivity index (χ0n) is 15.0.